The zero-order valence-corrected chi connectivity index (χ0v) is 16.3. The Bertz CT molecular complexity index is 817. The molecular weight excluding hydrogens is 346 g/mol. The molecule has 6 heteroatoms. The van der Waals surface area contributed by atoms with E-state index in [-0.39, 0.29) is 17.9 Å². The monoisotopic (exact) mass is 371 g/mol. The first-order valence-electron chi connectivity index (χ1n) is 8.86. The van der Waals surface area contributed by atoms with Gasteiger partial charge in [0.25, 0.3) is 5.91 Å². The van der Waals surface area contributed by atoms with Crippen molar-refractivity contribution in [1.29, 1.82) is 0 Å². The van der Waals surface area contributed by atoms with E-state index in [2.05, 4.69) is 27.9 Å². The van der Waals surface area contributed by atoms with E-state index in [1.807, 2.05) is 32.1 Å². The lowest BCUT2D eigenvalue weighted by atomic mass is 9.91. The summed E-state index contributed by atoms with van der Waals surface area (Å²) >= 11 is 1.77. The van der Waals surface area contributed by atoms with Gasteiger partial charge in [0.15, 0.2) is 0 Å². The van der Waals surface area contributed by atoms with Crippen LogP contribution in [0.4, 0.5) is 0 Å². The van der Waals surface area contributed by atoms with Crippen molar-refractivity contribution in [1.82, 2.24) is 15.6 Å². The van der Waals surface area contributed by atoms with Gasteiger partial charge < -0.3 is 15.6 Å². The summed E-state index contributed by atoms with van der Waals surface area (Å²) in [4.78, 5) is 28.0. The molecule has 1 aliphatic carbocycles. The van der Waals surface area contributed by atoms with Crippen LogP contribution in [0.5, 0.6) is 0 Å². The number of carbonyl (C=O) groups is 2. The van der Waals surface area contributed by atoms with Gasteiger partial charge in [0.05, 0.1) is 6.04 Å². The number of amides is 2. The molecule has 2 heterocycles. The van der Waals surface area contributed by atoms with Crippen molar-refractivity contribution in [3.05, 3.63) is 51.9 Å². The molecule has 1 aromatic heterocycles. The van der Waals surface area contributed by atoms with Crippen LogP contribution in [-0.2, 0) is 9.59 Å². The molecular formula is C20H25N3O2S. The molecule has 0 aromatic carbocycles. The molecule has 1 aliphatic heterocycles. The lowest BCUT2D eigenvalue weighted by molar-refractivity contribution is -0.118. The predicted molar refractivity (Wildman–Crippen MR) is 107 cm³/mol. The smallest absolute Gasteiger partial charge is 0.252 e. The number of rotatable bonds is 6. The summed E-state index contributed by atoms with van der Waals surface area (Å²) in [5.74, 6) is 0.917. The summed E-state index contributed by atoms with van der Waals surface area (Å²) in [7, 11) is 0. The first-order valence-corrected chi connectivity index (χ1v) is 10.3. The number of carbonyl (C=O) groups excluding carboxylic acids is 2. The quantitative estimate of drug-likeness (QED) is 0.532. The van der Waals surface area contributed by atoms with Crippen LogP contribution in [0, 0.1) is 13.8 Å². The lowest BCUT2D eigenvalue weighted by Crippen LogP contribution is -2.33. The highest BCUT2D eigenvalue weighted by atomic mass is 32.2. The molecule has 5 nitrogen and oxygen atoms in total. The summed E-state index contributed by atoms with van der Waals surface area (Å²) in [5.41, 5.74) is 5.49. The minimum absolute atomic E-state index is 0.0380. The molecule has 0 bridgehead atoms. The van der Waals surface area contributed by atoms with E-state index in [1.165, 1.54) is 0 Å². The van der Waals surface area contributed by atoms with Crippen molar-refractivity contribution in [3.63, 3.8) is 0 Å². The summed E-state index contributed by atoms with van der Waals surface area (Å²) in [6.45, 7) is 4.70. The molecule has 2 aliphatic rings. The topological polar surface area (TPSA) is 74.0 Å². The third-order valence-electron chi connectivity index (χ3n) is 4.71. The van der Waals surface area contributed by atoms with Crippen LogP contribution in [0.25, 0.3) is 6.08 Å². The van der Waals surface area contributed by atoms with Crippen molar-refractivity contribution in [2.24, 2.45) is 0 Å². The van der Waals surface area contributed by atoms with Crippen molar-refractivity contribution >= 4 is 29.7 Å². The standard InChI is InChI=1S/C20H25N3O2S/c1-12-9-13(2)22-17(12)11-16-15-6-5-14(10-18(15)23-20(16)25)19(24)21-7-4-8-26-3/h5-6,9,11,18,22H,4,7-8,10H2,1-3H3,(H,21,24)(H,23,25)/b16-11-. The maximum absolute atomic E-state index is 12.4. The normalized spacial score (nSPS) is 20.5. The van der Waals surface area contributed by atoms with E-state index in [4.69, 9.17) is 0 Å². The first kappa shape index (κ1) is 18.6. The lowest BCUT2D eigenvalue weighted by Gasteiger charge is -2.18. The molecule has 1 saturated heterocycles. The fourth-order valence-corrected chi connectivity index (χ4v) is 3.80. The van der Waals surface area contributed by atoms with Crippen LogP contribution in [0.15, 0.2) is 34.9 Å². The Labute approximate surface area is 158 Å². The van der Waals surface area contributed by atoms with Crippen LogP contribution in [0.1, 0.15) is 29.8 Å². The summed E-state index contributed by atoms with van der Waals surface area (Å²) in [5, 5.41) is 5.96. The second-order valence-corrected chi connectivity index (χ2v) is 7.74. The maximum Gasteiger partial charge on any atom is 0.252 e. The zero-order valence-electron chi connectivity index (χ0n) is 15.4. The van der Waals surface area contributed by atoms with E-state index in [9.17, 15) is 9.59 Å². The van der Waals surface area contributed by atoms with Gasteiger partial charge in [0.2, 0.25) is 5.91 Å². The molecule has 138 valence electrons. The van der Waals surface area contributed by atoms with Gasteiger partial charge in [-0.15, -0.1) is 0 Å². The Kier molecular flexibility index (Phi) is 5.71. The fraction of sp³-hybridized carbons (Fsp3) is 0.400. The Morgan fingerprint density at radius 3 is 2.88 bits per heavy atom. The summed E-state index contributed by atoms with van der Waals surface area (Å²) in [6.07, 6.45) is 9.21. The van der Waals surface area contributed by atoms with E-state index in [0.717, 1.165) is 40.3 Å². The van der Waals surface area contributed by atoms with Crippen molar-refractivity contribution in [2.45, 2.75) is 32.7 Å². The van der Waals surface area contributed by atoms with Gasteiger partial charge in [-0.2, -0.15) is 11.8 Å². The Hall–Kier alpha value is -2.21. The average molecular weight is 372 g/mol. The van der Waals surface area contributed by atoms with Crippen LogP contribution < -0.4 is 10.6 Å². The molecule has 1 unspecified atom stereocenters. The van der Waals surface area contributed by atoms with Crippen molar-refractivity contribution in [2.75, 3.05) is 18.6 Å². The molecule has 1 fully saturated rings. The maximum atomic E-state index is 12.4. The fourth-order valence-electron chi connectivity index (χ4n) is 3.37. The van der Waals surface area contributed by atoms with Gasteiger partial charge in [-0.05, 0) is 55.6 Å². The zero-order chi connectivity index (χ0) is 18.7. The molecule has 1 aromatic rings. The van der Waals surface area contributed by atoms with Gasteiger partial charge in [0, 0.05) is 35.5 Å². The van der Waals surface area contributed by atoms with E-state index >= 15 is 0 Å². The number of hydrogen-bond donors (Lipinski definition) is 3. The highest BCUT2D eigenvalue weighted by Gasteiger charge is 2.35. The van der Waals surface area contributed by atoms with Gasteiger partial charge in [-0.25, -0.2) is 0 Å². The Morgan fingerprint density at radius 2 is 2.19 bits per heavy atom. The van der Waals surface area contributed by atoms with Crippen LogP contribution in [0.3, 0.4) is 0 Å². The molecule has 0 saturated carbocycles. The van der Waals surface area contributed by atoms with E-state index < -0.39 is 0 Å². The number of aromatic amines is 1. The second-order valence-electron chi connectivity index (χ2n) is 6.75. The molecule has 26 heavy (non-hydrogen) atoms. The van der Waals surface area contributed by atoms with Gasteiger partial charge >= 0.3 is 0 Å². The molecule has 3 rings (SSSR count). The average Bonchev–Trinajstić information content (AvgIpc) is 3.09. The SMILES string of the molecule is CSCCCNC(=O)C1=CC=C2/C(=C/c3[nH]c(C)cc3C)C(=O)NC2C1. The molecule has 2 amide bonds. The summed E-state index contributed by atoms with van der Waals surface area (Å²) < 4.78 is 0. The van der Waals surface area contributed by atoms with Crippen molar-refractivity contribution < 1.29 is 9.59 Å². The number of allylic oxidation sites excluding steroid dienone is 2. The van der Waals surface area contributed by atoms with E-state index in [0.29, 0.717) is 18.5 Å². The largest absolute Gasteiger partial charge is 0.359 e. The second kappa shape index (κ2) is 7.99. The predicted octanol–water partition coefficient (Wildman–Crippen LogP) is 2.64. The number of nitrogens with one attached hydrogen (secondary N) is 3. The number of hydrogen-bond acceptors (Lipinski definition) is 3. The molecule has 0 spiro atoms. The first-order chi connectivity index (χ1) is 12.5. The van der Waals surface area contributed by atoms with Gasteiger partial charge in [-0.1, -0.05) is 12.2 Å². The number of fused-ring (bicyclic) bond motifs is 1. The number of H-pyrrole nitrogens is 1. The minimum atomic E-state index is -0.123. The highest BCUT2D eigenvalue weighted by Crippen LogP contribution is 2.32. The van der Waals surface area contributed by atoms with Crippen LogP contribution in [-0.4, -0.2) is 41.4 Å². The van der Waals surface area contributed by atoms with Crippen LogP contribution >= 0.6 is 11.8 Å². The molecule has 3 N–H and O–H groups in total. The number of aryl methyl sites for hydroxylation is 2. The van der Waals surface area contributed by atoms with Crippen LogP contribution in [0.2, 0.25) is 0 Å². The number of aromatic nitrogens is 1. The third kappa shape index (κ3) is 3.96. The van der Waals surface area contributed by atoms with Gasteiger partial charge in [0.1, 0.15) is 0 Å². The third-order valence-corrected chi connectivity index (χ3v) is 5.40. The van der Waals surface area contributed by atoms with Crippen molar-refractivity contribution in [3.8, 4) is 0 Å². The highest BCUT2D eigenvalue weighted by molar-refractivity contribution is 7.98. The Morgan fingerprint density at radius 1 is 1.38 bits per heavy atom. The Balaban J connectivity index is 1.75. The summed E-state index contributed by atoms with van der Waals surface area (Å²) in [6, 6.07) is 1.94. The van der Waals surface area contributed by atoms with E-state index in [1.54, 1.807) is 11.8 Å². The van der Waals surface area contributed by atoms with Gasteiger partial charge in [-0.3, -0.25) is 9.59 Å². The molecule has 1 atom stereocenters. The minimum Gasteiger partial charge on any atom is -0.359 e. The molecule has 0 radical (unpaired) electrons. The number of thioether (sulfide) groups is 1.